The molecule has 0 aliphatic carbocycles. The Labute approximate surface area is 118 Å². The van der Waals surface area contributed by atoms with E-state index in [1.165, 1.54) is 6.07 Å². The fourth-order valence-corrected chi connectivity index (χ4v) is 2.25. The van der Waals surface area contributed by atoms with Crippen LogP contribution in [-0.2, 0) is 0 Å². The summed E-state index contributed by atoms with van der Waals surface area (Å²) in [6.07, 6.45) is 0. The van der Waals surface area contributed by atoms with Gasteiger partial charge in [0.15, 0.2) is 0 Å². The molecule has 1 unspecified atom stereocenters. The molecule has 1 nitrogen and oxygen atoms in total. The molecule has 0 amide bonds. The maximum absolute atomic E-state index is 13.5. The number of aryl methyl sites for hydroxylation is 1. The van der Waals surface area contributed by atoms with Crippen molar-refractivity contribution >= 4 is 11.6 Å². The summed E-state index contributed by atoms with van der Waals surface area (Å²) >= 11 is 6.16. The van der Waals surface area contributed by atoms with Crippen LogP contribution < -0.4 is 5.32 Å². The van der Waals surface area contributed by atoms with Crippen molar-refractivity contribution in [3.8, 4) is 11.1 Å². The molecule has 3 heteroatoms. The Morgan fingerprint density at radius 2 is 1.89 bits per heavy atom. The van der Waals surface area contributed by atoms with Crippen molar-refractivity contribution in [2.24, 2.45) is 0 Å². The standard InChI is InChI=1S/C16H17ClFN/c1-10-4-5-12(8-16(10)17)15-9-13(18)6-7-14(15)11(2)19-3/h4-9,11,19H,1-3H3. The first kappa shape index (κ1) is 14.0. The van der Waals surface area contributed by atoms with E-state index in [9.17, 15) is 4.39 Å². The van der Waals surface area contributed by atoms with Gasteiger partial charge in [-0.05, 0) is 61.3 Å². The predicted molar refractivity (Wildman–Crippen MR) is 79.1 cm³/mol. The average Bonchev–Trinajstić information content (AvgIpc) is 2.41. The van der Waals surface area contributed by atoms with Gasteiger partial charge in [-0.1, -0.05) is 29.8 Å². The molecule has 0 heterocycles. The van der Waals surface area contributed by atoms with Crippen molar-refractivity contribution in [1.29, 1.82) is 0 Å². The second-order valence-corrected chi connectivity index (χ2v) is 5.11. The highest BCUT2D eigenvalue weighted by molar-refractivity contribution is 6.31. The molecule has 0 bridgehead atoms. The van der Waals surface area contributed by atoms with Crippen LogP contribution in [-0.4, -0.2) is 7.05 Å². The van der Waals surface area contributed by atoms with E-state index in [1.54, 1.807) is 6.07 Å². The molecule has 100 valence electrons. The summed E-state index contributed by atoms with van der Waals surface area (Å²) in [6, 6.07) is 10.8. The van der Waals surface area contributed by atoms with E-state index in [0.717, 1.165) is 22.3 Å². The number of nitrogens with one attached hydrogen (secondary N) is 1. The highest BCUT2D eigenvalue weighted by Crippen LogP contribution is 2.31. The Morgan fingerprint density at radius 3 is 2.53 bits per heavy atom. The molecule has 0 spiro atoms. The monoisotopic (exact) mass is 277 g/mol. The van der Waals surface area contributed by atoms with E-state index in [4.69, 9.17) is 11.6 Å². The van der Waals surface area contributed by atoms with Gasteiger partial charge in [0.25, 0.3) is 0 Å². The van der Waals surface area contributed by atoms with Gasteiger partial charge in [-0.2, -0.15) is 0 Å². The Bertz CT molecular complexity index is 595. The molecule has 1 N–H and O–H groups in total. The van der Waals surface area contributed by atoms with Gasteiger partial charge < -0.3 is 5.32 Å². The maximum Gasteiger partial charge on any atom is 0.123 e. The molecular weight excluding hydrogens is 261 g/mol. The van der Waals surface area contributed by atoms with Crippen LogP contribution in [0.25, 0.3) is 11.1 Å². The topological polar surface area (TPSA) is 12.0 Å². The van der Waals surface area contributed by atoms with Crippen molar-refractivity contribution in [3.05, 3.63) is 58.4 Å². The van der Waals surface area contributed by atoms with Gasteiger partial charge in [-0.3, -0.25) is 0 Å². The molecule has 0 aliphatic rings. The normalized spacial score (nSPS) is 12.5. The number of rotatable bonds is 3. The molecule has 19 heavy (non-hydrogen) atoms. The summed E-state index contributed by atoms with van der Waals surface area (Å²) in [6.45, 7) is 4.00. The van der Waals surface area contributed by atoms with Crippen LogP contribution in [0.15, 0.2) is 36.4 Å². The lowest BCUT2D eigenvalue weighted by Gasteiger charge is -2.16. The van der Waals surface area contributed by atoms with E-state index in [-0.39, 0.29) is 11.9 Å². The molecule has 1 atom stereocenters. The molecule has 2 aromatic carbocycles. The largest absolute Gasteiger partial charge is 0.313 e. The molecule has 0 fully saturated rings. The number of halogens is 2. The third-order valence-electron chi connectivity index (χ3n) is 3.40. The Kier molecular flexibility index (Phi) is 4.23. The maximum atomic E-state index is 13.5. The first-order chi connectivity index (χ1) is 9.02. The van der Waals surface area contributed by atoms with Crippen LogP contribution in [0.4, 0.5) is 4.39 Å². The van der Waals surface area contributed by atoms with Gasteiger partial charge in [-0.25, -0.2) is 4.39 Å². The number of hydrogen-bond donors (Lipinski definition) is 1. The fraction of sp³-hybridized carbons (Fsp3) is 0.250. The van der Waals surface area contributed by atoms with Crippen molar-refractivity contribution in [1.82, 2.24) is 5.32 Å². The van der Waals surface area contributed by atoms with E-state index in [2.05, 4.69) is 5.32 Å². The quantitative estimate of drug-likeness (QED) is 0.855. The fourth-order valence-electron chi connectivity index (χ4n) is 2.07. The van der Waals surface area contributed by atoms with Crippen molar-refractivity contribution in [3.63, 3.8) is 0 Å². The first-order valence-corrected chi connectivity index (χ1v) is 6.64. The van der Waals surface area contributed by atoms with E-state index in [0.29, 0.717) is 5.02 Å². The van der Waals surface area contributed by atoms with Crippen LogP contribution in [0.3, 0.4) is 0 Å². The van der Waals surface area contributed by atoms with Crippen molar-refractivity contribution in [2.75, 3.05) is 7.05 Å². The summed E-state index contributed by atoms with van der Waals surface area (Å²) in [5.74, 6) is -0.237. The van der Waals surface area contributed by atoms with Gasteiger partial charge in [0.1, 0.15) is 5.82 Å². The van der Waals surface area contributed by atoms with Crippen LogP contribution >= 0.6 is 11.6 Å². The van der Waals surface area contributed by atoms with Crippen LogP contribution in [0, 0.1) is 12.7 Å². The van der Waals surface area contributed by atoms with Crippen LogP contribution in [0.2, 0.25) is 5.02 Å². The average molecular weight is 278 g/mol. The summed E-state index contributed by atoms with van der Waals surface area (Å²) in [4.78, 5) is 0. The molecule has 0 aromatic heterocycles. The minimum atomic E-state index is -0.237. The Hall–Kier alpha value is -1.38. The van der Waals surface area contributed by atoms with Gasteiger partial charge >= 0.3 is 0 Å². The zero-order valence-corrected chi connectivity index (χ0v) is 12.1. The lowest BCUT2D eigenvalue weighted by atomic mass is 9.95. The molecule has 0 saturated carbocycles. The van der Waals surface area contributed by atoms with Gasteiger partial charge in [0, 0.05) is 11.1 Å². The van der Waals surface area contributed by atoms with E-state index < -0.39 is 0 Å². The second-order valence-electron chi connectivity index (χ2n) is 4.71. The van der Waals surface area contributed by atoms with Crippen molar-refractivity contribution < 1.29 is 4.39 Å². The lowest BCUT2D eigenvalue weighted by molar-refractivity contribution is 0.620. The van der Waals surface area contributed by atoms with E-state index >= 15 is 0 Å². The summed E-state index contributed by atoms with van der Waals surface area (Å²) in [5.41, 5.74) is 3.89. The summed E-state index contributed by atoms with van der Waals surface area (Å²) in [5, 5.41) is 3.88. The third-order valence-corrected chi connectivity index (χ3v) is 3.80. The minimum Gasteiger partial charge on any atom is -0.313 e. The van der Waals surface area contributed by atoms with Gasteiger partial charge in [0.2, 0.25) is 0 Å². The Balaban J connectivity index is 2.59. The smallest absolute Gasteiger partial charge is 0.123 e. The zero-order valence-electron chi connectivity index (χ0n) is 11.3. The van der Waals surface area contributed by atoms with Crippen molar-refractivity contribution in [2.45, 2.75) is 19.9 Å². The summed E-state index contributed by atoms with van der Waals surface area (Å²) in [7, 11) is 1.89. The molecule has 0 aliphatic heterocycles. The van der Waals surface area contributed by atoms with Gasteiger partial charge in [0.05, 0.1) is 0 Å². The third kappa shape index (κ3) is 2.96. The predicted octanol–water partition coefficient (Wildman–Crippen LogP) is 4.73. The molecule has 0 saturated heterocycles. The Morgan fingerprint density at radius 1 is 1.16 bits per heavy atom. The molecular formula is C16H17ClFN. The molecule has 2 rings (SSSR count). The summed E-state index contributed by atoms with van der Waals surface area (Å²) < 4.78 is 13.5. The van der Waals surface area contributed by atoms with Crippen LogP contribution in [0.1, 0.15) is 24.1 Å². The van der Waals surface area contributed by atoms with E-state index in [1.807, 2.05) is 45.2 Å². The van der Waals surface area contributed by atoms with Crippen LogP contribution in [0.5, 0.6) is 0 Å². The number of benzene rings is 2. The zero-order chi connectivity index (χ0) is 14.0. The minimum absolute atomic E-state index is 0.149. The second kappa shape index (κ2) is 5.72. The van der Waals surface area contributed by atoms with Gasteiger partial charge in [-0.15, -0.1) is 0 Å². The first-order valence-electron chi connectivity index (χ1n) is 6.26. The highest BCUT2D eigenvalue weighted by atomic mass is 35.5. The highest BCUT2D eigenvalue weighted by Gasteiger charge is 2.12. The lowest BCUT2D eigenvalue weighted by Crippen LogP contribution is -2.13. The molecule has 0 radical (unpaired) electrons. The SMILES string of the molecule is CNC(C)c1ccc(F)cc1-c1ccc(C)c(Cl)c1. The number of hydrogen-bond acceptors (Lipinski definition) is 1. The molecule has 2 aromatic rings.